The minimum absolute atomic E-state index is 0.358. The molecule has 3 aromatic heterocycles. The molecule has 29 heavy (non-hydrogen) atoms. The standard InChI is InChI=1S/C22H14N4O2S/c27-19(16-12-24-17-5-2-1-4-15(16)17)20(28)25-14-9-7-13(8-10-14)21-26-18-6-3-11-23-22(18)29-21/h1-12,24H,(H,25,28). The fourth-order valence-corrected chi connectivity index (χ4v) is 4.07. The van der Waals surface area contributed by atoms with Crippen LogP contribution in [0.2, 0.25) is 0 Å². The average molecular weight is 398 g/mol. The van der Waals surface area contributed by atoms with Crippen LogP contribution in [0.4, 0.5) is 5.69 Å². The first-order valence-corrected chi connectivity index (χ1v) is 9.74. The number of aromatic nitrogens is 3. The van der Waals surface area contributed by atoms with E-state index in [1.165, 1.54) is 11.3 Å². The zero-order valence-corrected chi connectivity index (χ0v) is 15.9. The Kier molecular flexibility index (Phi) is 4.14. The van der Waals surface area contributed by atoms with Gasteiger partial charge in [-0.25, -0.2) is 9.97 Å². The summed E-state index contributed by atoms with van der Waals surface area (Å²) in [4.78, 5) is 37.8. The van der Waals surface area contributed by atoms with E-state index >= 15 is 0 Å². The number of para-hydroxylation sites is 1. The number of fused-ring (bicyclic) bond motifs is 2. The van der Waals surface area contributed by atoms with E-state index in [0.29, 0.717) is 11.3 Å². The molecule has 0 aliphatic heterocycles. The van der Waals surface area contributed by atoms with Gasteiger partial charge in [-0.2, -0.15) is 0 Å². The molecule has 5 rings (SSSR count). The number of nitrogens with zero attached hydrogens (tertiary/aromatic N) is 2. The van der Waals surface area contributed by atoms with Crippen molar-refractivity contribution in [3.63, 3.8) is 0 Å². The Bertz CT molecular complexity index is 1340. The van der Waals surface area contributed by atoms with Gasteiger partial charge in [0.1, 0.15) is 15.4 Å². The largest absolute Gasteiger partial charge is 0.360 e. The first kappa shape index (κ1) is 17.3. The number of Topliss-reactive ketones (excluding diaryl/α,β-unsaturated/α-hetero) is 1. The molecule has 6 nitrogen and oxygen atoms in total. The van der Waals surface area contributed by atoms with Gasteiger partial charge in [0.2, 0.25) is 0 Å². The van der Waals surface area contributed by atoms with Crippen LogP contribution in [0.3, 0.4) is 0 Å². The van der Waals surface area contributed by atoms with Crippen molar-refractivity contribution in [2.45, 2.75) is 0 Å². The number of carbonyl (C=O) groups is 2. The zero-order chi connectivity index (χ0) is 19.8. The maximum Gasteiger partial charge on any atom is 0.296 e. The van der Waals surface area contributed by atoms with E-state index in [0.717, 1.165) is 31.8 Å². The number of hydrogen-bond acceptors (Lipinski definition) is 5. The molecule has 1 amide bonds. The number of rotatable bonds is 4. The summed E-state index contributed by atoms with van der Waals surface area (Å²) in [6, 6.07) is 18.4. The van der Waals surface area contributed by atoms with Gasteiger partial charge < -0.3 is 10.3 Å². The number of H-pyrrole nitrogens is 1. The third kappa shape index (κ3) is 3.17. The lowest BCUT2D eigenvalue weighted by Gasteiger charge is -2.05. The number of carbonyl (C=O) groups excluding carboxylic acids is 2. The highest BCUT2D eigenvalue weighted by Gasteiger charge is 2.20. The van der Waals surface area contributed by atoms with Crippen molar-refractivity contribution in [2.75, 3.05) is 5.32 Å². The molecule has 0 unspecified atom stereocenters. The minimum Gasteiger partial charge on any atom is -0.360 e. The molecule has 0 aliphatic carbocycles. The van der Waals surface area contributed by atoms with Crippen LogP contribution in [-0.2, 0) is 4.79 Å². The highest BCUT2D eigenvalue weighted by atomic mass is 32.1. The molecule has 2 N–H and O–H groups in total. The minimum atomic E-state index is -0.674. The number of pyridine rings is 1. The van der Waals surface area contributed by atoms with E-state index in [1.54, 1.807) is 24.5 Å². The van der Waals surface area contributed by atoms with Gasteiger partial charge in [-0.05, 0) is 42.5 Å². The van der Waals surface area contributed by atoms with Gasteiger partial charge in [0, 0.05) is 34.5 Å². The summed E-state index contributed by atoms with van der Waals surface area (Å²) in [5.41, 5.74) is 3.50. The van der Waals surface area contributed by atoms with Crippen molar-refractivity contribution in [1.82, 2.24) is 15.0 Å². The number of ketones is 1. The van der Waals surface area contributed by atoms with Gasteiger partial charge in [-0.1, -0.05) is 29.5 Å². The van der Waals surface area contributed by atoms with Crippen molar-refractivity contribution in [3.05, 3.63) is 78.6 Å². The molecule has 0 radical (unpaired) electrons. The quantitative estimate of drug-likeness (QED) is 0.340. The van der Waals surface area contributed by atoms with Gasteiger partial charge in [0.25, 0.3) is 11.7 Å². The molecule has 0 saturated carbocycles. The van der Waals surface area contributed by atoms with E-state index in [2.05, 4.69) is 20.3 Å². The number of anilines is 1. The number of hydrogen-bond donors (Lipinski definition) is 2. The Labute approximate surface area is 169 Å². The molecular formula is C22H14N4O2S. The molecule has 140 valence electrons. The molecule has 0 saturated heterocycles. The van der Waals surface area contributed by atoms with E-state index in [9.17, 15) is 9.59 Å². The molecule has 0 atom stereocenters. The second-order valence-electron chi connectivity index (χ2n) is 6.46. The maximum absolute atomic E-state index is 12.6. The number of benzene rings is 2. The Morgan fingerprint density at radius 3 is 2.62 bits per heavy atom. The van der Waals surface area contributed by atoms with Crippen molar-refractivity contribution in [1.29, 1.82) is 0 Å². The molecule has 0 fully saturated rings. The summed E-state index contributed by atoms with van der Waals surface area (Å²) in [7, 11) is 0. The average Bonchev–Trinajstić information content (AvgIpc) is 3.38. The summed E-state index contributed by atoms with van der Waals surface area (Å²) in [6.45, 7) is 0. The van der Waals surface area contributed by atoms with E-state index < -0.39 is 11.7 Å². The molecule has 7 heteroatoms. The summed E-state index contributed by atoms with van der Waals surface area (Å²) in [6.07, 6.45) is 3.31. The fraction of sp³-hybridized carbons (Fsp3) is 0. The van der Waals surface area contributed by atoms with Gasteiger partial charge >= 0.3 is 0 Å². The molecule has 0 spiro atoms. The summed E-state index contributed by atoms with van der Waals surface area (Å²) in [5.74, 6) is -1.25. The van der Waals surface area contributed by atoms with Crippen LogP contribution in [0.15, 0.2) is 73.1 Å². The lowest BCUT2D eigenvalue weighted by atomic mass is 10.1. The first-order valence-electron chi connectivity index (χ1n) is 8.93. The number of nitrogens with one attached hydrogen (secondary N) is 2. The van der Waals surface area contributed by atoms with Crippen molar-refractivity contribution >= 4 is 50.0 Å². The van der Waals surface area contributed by atoms with E-state index in [1.807, 2.05) is 48.5 Å². The third-order valence-corrected chi connectivity index (χ3v) is 5.62. The van der Waals surface area contributed by atoms with Crippen LogP contribution >= 0.6 is 11.3 Å². The molecule has 0 aliphatic rings. The van der Waals surface area contributed by atoms with Crippen molar-refractivity contribution in [2.24, 2.45) is 0 Å². The number of aromatic amines is 1. The van der Waals surface area contributed by atoms with Crippen molar-refractivity contribution in [3.8, 4) is 10.6 Å². The highest BCUT2D eigenvalue weighted by molar-refractivity contribution is 7.21. The molecular weight excluding hydrogens is 384 g/mol. The van der Waals surface area contributed by atoms with Gasteiger partial charge in [0.05, 0.1) is 5.56 Å². The molecule has 5 aromatic rings. The lowest BCUT2D eigenvalue weighted by Crippen LogP contribution is -2.22. The van der Waals surface area contributed by atoms with E-state index in [4.69, 9.17) is 0 Å². The Hall–Kier alpha value is -3.84. The Morgan fingerprint density at radius 1 is 0.966 bits per heavy atom. The second kappa shape index (κ2) is 6.96. The smallest absolute Gasteiger partial charge is 0.296 e. The SMILES string of the molecule is O=C(Nc1ccc(-c2nc3cccnc3s2)cc1)C(=O)c1c[nH]c2ccccc12. The first-order chi connectivity index (χ1) is 14.2. The van der Waals surface area contributed by atoms with Gasteiger partial charge in [-0.15, -0.1) is 0 Å². The predicted molar refractivity (Wildman–Crippen MR) is 114 cm³/mol. The van der Waals surface area contributed by atoms with Crippen molar-refractivity contribution < 1.29 is 9.59 Å². The normalized spacial score (nSPS) is 11.0. The second-order valence-corrected chi connectivity index (χ2v) is 7.43. The molecule has 2 aromatic carbocycles. The Balaban J connectivity index is 1.35. The molecule has 3 heterocycles. The van der Waals surface area contributed by atoms with E-state index in [-0.39, 0.29) is 0 Å². The van der Waals surface area contributed by atoms with Gasteiger partial charge in [0.15, 0.2) is 0 Å². The van der Waals surface area contributed by atoms with Crippen LogP contribution in [0.1, 0.15) is 10.4 Å². The summed E-state index contributed by atoms with van der Waals surface area (Å²) < 4.78 is 0. The van der Waals surface area contributed by atoms with Gasteiger partial charge in [-0.3, -0.25) is 9.59 Å². The number of thiazole rings is 1. The van der Waals surface area contributed by atoms with Crippen LogP contribution < -0.4 is 5.32 Å². The Morgan fingerprint density at radius 2 is 1.79 bits per heavy atom. The van der Waals surface area contributed by atoms with Crippen LogP contribution in [0, 0.1) is 0 Å². The topological polar surface area (TPSA) is 87.7 Å². The zero-order valence-electron chi connectivity index (χ0n) is 15.0. The lowest BCUT2D eigenvalue weighted by molar-refractivity contribution is -0.112. The summed E-state index contributed by atoms with van der Waals surface area (Å²) >= 11 is 1.51. The highest BCUT2D eigenvalue weighted by Crippen LogP contribution is 2.29. The number of amides is 1. The van der Waals surface area contributed by atoms with Crippen LogP contribution in [0.25, 0.3) is 31.8 Å². The fourth-order valence-electron chi connectivity index (χ4n) is 3.16. The van der Waals surface area contributed by atoms with Crippen LogP contribution in [0.5, 0.6) is 0 Å². The summed E-state index contributed by atoms with van der Waals surface area (Å²) in [5, 5.41) is 4.25. The maximum atomic E-state index is 12.6. The predicted octanol–water partition coefficient (Wildman–Crippen LogP) is 4.66. The third-order valence-electron chi connectivity index (χ3n) is 4.60. The van der Waals surface area contributed by atoms with Crippen LogP contribution in [-0.4, -0.2) is 26.6 Å². The monoisotopic (exact) mass is 398 g/mol. The molecule has 0 bridgehead atoms.